The molecule has 2 aromatic rings. The number of hydrogen-bond donors (Lipinski definition) is 1. The molecule has 0 bridgehead atoms. The van der Waals surface area contributed by atoms with Crippen molar-refractivity contribution in [2.24, 2.45) is 0 Å². The highest BCUT2D eigenvalue weighted by atomic mass is 16.1. The van der Waals surface area contributed by atoms with E-state index in [0.717, 1.165) is 16.7 Å². The first kappa shape index (κ1) is 16.3. The van der Waals surface area contributed by atoms with Crippen molar-refractivity contribution < 1.29 is 4.79 Å². The molecule has 0 radical (unpaired) electrons. The summed E-state index contributed by atoms with van der Waals surface area (Å²) in [6, 6.07) is 10.4. The van der Waals surface area contributed by atoms with Crippen LogP contribution in [-0.4, -0.2) is 5.91 Å². The molecule has 0 unspecified atom stereocenters. The third-order valence-electron chi connectivity index (χ3n) is 4.32. The van der Waals surface area contributed by atoms with Gasteiger partial charge < -0.3 is 5.32 Å². The standard InChI is InChI=1S/C20H25NO/c1-12-7-8-18(15(4)9-12)17(6)21-20(22)19-11-14(3)13(2)10-16(19)5/h7-11,17H,1-6H3,(H,21,22)/t17-/m0/s1. The van der Waals surface area contributed by atoms with Crippen LogP contribution in [0.1, 0.15) is 56.7 Å². The van der Waals surface area contributed by atoms with Crippen molar-refractivity contribution >= 4 is 5.91 Å². The van der Waals surface area contributed by atoms with Gasteiger partial charge in [-0.2, -0.15) is 0 Å². The summed E-state index contributed by atoms with van der Waals surface area (Å²) in [4.78, 5) is 12.6. The number of aryl methyl sites for hydroxylation is 5. The molecule has 1 N–H and O–H groups in total. The fraction of sp³-hybridized carbons (Fsp3) is 0.350. The normalized spacial score (nSPS) is 12.1. The van der Waals surface area contributed by atoms with E-state index < -0.39 is 0 Å². The van der Waals surface area contributed by atoms with Crippen molar-refractivity contribution in [2.75, 3.05) is 0 Å². The maximum absolute atomic E-state index is 12.6. The van der Waals surface area contributed by atoms with Crippen LogP contribution in [0.2, 0.25) is 0 Å². The van der Waals surface area contributed by atoms with Crippen LogP contribution in [0.3, 0.4) is 0 Å². The van der Waals surface area contributed by atoms with E-state index in [4.69, 9.17) is 0 Å². The van der Waals surface area contributed by atoms with Gasteiger partial charge in [0.1, 0.15) is 0 Å². The molecule has 1 atom stereocenters. The number of hydrogen-bond acceptors (Lipinski definition) is 1. The molecule has 0 saturated carbocycles. The summed E-state index contributed by atoms with van der Waals surface area (Å²) in [7, 11) is 0. The Bertz CT molecular complexity index is 716. The van der Waals surface area contributed by atoms with E-state index in [9.17, 15) is 4.79 Å². The summed E-state index contributed by atoms with van der Waals surface area (Å²) in [6.07, 6.45) is 0. The van der Waals surface area contributed by atoms with Crippen molar-refractivity contribution in [3.63, 3.8) is 0 Å². The minimum atomic E-state index is -0.00641. The first-order valence-corrected chi connectivity index (χ1v) is 7.75. The van der Waals surface area contributed by atoms with Crippen LogP contribution >= 0.6 is 0 Å². The van der Waals surface area contributed by atoms with E-state index in [-0.39, 0.29) is 11.9 Å². The molecule has 2 heteroatoms. The van der Waals surface area contributed by atoms with Crippen LogP contribution in [0.25, 0.3) is 0 Å². The van der Waals surface area contributed by atoms with Gasteiger partial charge in [-0.05, 0) is 75.4 Å². The molecule has 2 rings (SSSR count). The Hall–Kier alpha value is -2.09. The Balaban J connectivity index is 2.23. The summed E-state index contributed by atoms with van der Waals surface area (Å²) in [5.74, 6) is -0.00641. The summed E-state index contributed by atoms with van der Waals surface area (Å²) < 4.78 is 0. The van der Waals surface area contributed by atoms with Gasteiger partial charge in [-0.25, -0.2) is 0 Å². The van der Waals surface area contributed by atoms with Crippen LogP contribution in [0.5, 0.6) is 0 Å². The first-order chi connectivity index (χ1) is 10.3. The minimum Gasteiger partial charge on any atom is -0.345 e. The monoisotopic (exact) mass is 295 g/mol. The second-order valence-electron chi connectivity index (χ2n) is 6.31. The maximum Gasteiger partial charge on any atom is 0.252 e. The largest absolute Gasteiger partial charge is 0.345 e. The van der Waals surface area contributed by atoms with Gasteiger partial charge >= 0.3 is 0 Å². The van der Waals surface area contributed by atoms with E-state index in [1.54, 1.807) is 0 Å². The Morgan fingerprint density at radius 1 is 0.864 bits per heavy atom. The molecular weight excluding hydrogens is 270 g/mol. The van der Waals surface area contributed by atoms with Gasteiger partial charge in [0.2, 0.25) is 0 Å². The predicted molar refractivity (Wildman–Crippen MR) is 92.5 cm³/mol. The zero-order valence-electron chi connectivity index (χ0n) is 14.4. The van der Waals surface area contributed by atoms with E-state index in [1.165, 1.54) is 22.3 Å². The average Bonchev–Trinajstić information content (AvgIpc) is 2.42. The highest BCUT2D eigenvalue weighted by Gasteiger charge is 2.15. The highest BCUT2D eigenvalue weighted by Crippen LogP contribution is 2.20. The lowest BCUT2D eigenvalue weighted by molar-refractivity contribution is 0.0939. The third kappa shape index (κ3) is 3.38. The van der Waals surface area contributed by atoms with Gasteiger partial charge in [0.25, 0.3) is 5.91 Å². The van der Waals surface area contributed by atoms with Crippen molar-refractivity contribution in [3.05, 3.63) is 69.3 Å². The second-order valence-corrected chi connectivity index (χ2v) is 6.31. The average molecular weight is 295 g/mol. The molecule has 116 valence electrons. The van der Waals surface area contributed by atoms with Crippen LogP contribution in [0.15, 0.2) is 30.3 Å². The molecular formula is C20H25NO. The molecule has 0 aromatic heterocycles. The van der Waals surface area contributed by atoms with Gasteiger partial charge in [0.15, 0.2) is 0 Å². The summed E-state index contributed by atoms with van der Waals surface area (Å²) in [5.41, 5.74) is 7.77. The van der Waals surface area contributed by atoms with Crippen molar-refractivity contribution in [3.8, 4) is 0 Å². The molecule has 0 spiro atoms. The molecule has 1 amide bonds. The molecule has 0 saturated heterocycles. The van der Waals surface area contributed by atoms with Gasteiger partial charge in [-0.1, -0.05) is 29.8 Å². The minimum absolute atomic E-state index is 0.00545. The fourth-order valence-corrected chi connectivity index (χ4v) is 2.87. The van der Waals surface area contributed by atoms with Gasteiger partial charge in [0, 0.05) is 5.56 Å². The zero-order chi connectivity index (χ0) is 16.4. The third-order valence-corrected chi connectivity index (χ3v) is 4.32. The Labute approximate surface area is 133 Å². The van der Waals surface area contributed by atoms with E-state index in [2.05, 4.69) is 50.4 Å². The van der Waals surface area contributed by atoms with Gasteiger partial charge in [0.05, 0.1) is 6.04 Å². The van der Waals surface area contributed by atoms with Gasteiger partial charge in [-0.15, -0.1) is 0 Å². The maximum atomic E-state index is 12.6. The number of carbonyl (C=O) groups excluding carboxylic acids is 1. The fourth-order valence-electron chi connectivity index (χ4n) is 2.87. The molecule has 0 fully saturated rings. The highest BCUT2D eigenvalue weighted by molar-refractivity contribution is 5.96. The Morgan fingerprint density at radius 3 is 2.14 bits per heavy atom. The number of amides is 1. The number of benzene rings is 2. The number of carbonyl (C=O) groups is 1. The van der Waals surface area contributed by atoms with E-state index >= 15 is 0 Å². The van der Waals surface area contributed by atoms with Crippen LogP contribution in [-0.2, 0) is 0 Å². The lowest BCUT2D eigenvalue weighted by Crippen LogP contribution is -2.28. The van der Waals surface area contributed by atoms with Crippen LogP contribution in [0, 0.1) is 34.6 Å². The topological polar surface area (TPSA) is 29.1 Å². The van der Waals surface area contributed by atoms with Crippen LogP contribution < -0.4 is 5.32 Å². The van der Waals surface area contributed by atoms with Crippen molar-refractivity contribution in [1.82, 2.24) is 5.32 Å². The lowest BCUT2D eigenvalue weighted by atomic mass is 9.98. The Kier molecular flexibility index (Phi) is 4.70. The van der Waals surface area contributed by atoms with Crippen molar-refractivity contribution in [1.29, 1.82) is 0 Å². The molecule has 0 heterocycles. The molecule has 2 nitrogen and oxygen atoms in total. The molecule has 0 aliphatic rings. The first-order valence-electron chi connectivity index (χ1n) is 7.75. The summed E-state index contributed by atoms with van der Waals surface area (Å²) in [6.45, 7) is 12.3. The SMILES string of the molecule is Cc1ccc([C@H](C)NC(=O)c2cc(C)c(C)cc2C)c(C)c1. The Morgan fingerprint density at radius 2 is 1.50 bits per heavy atom. The molecule has 22 heavy (non-hydrogen) atoms. The van der Waals surface area contributed by atoms with Crippen LogP contribution in [0.4, 0.5) is 0 Å². The number of nitrogens with one attached hydrogen (secondary N) is 1. The van der Waals surface area contributed by atoms with Crippen molar-refractivity contribution in [2.45, 2.75) is 47.6 Å². The van der Waals surface area contributed by atoms with Gasteiger partial charge in [-0.3, -0.25) is 4.79 Å². The number of rotatable bonds is 3. The van der Waals surface area contributed by atoms with E-state index in [1.807, 2.05) is 26.8 Å². The second kappa shape index (κ2) is 6.35. The quantitative estimate of drug-likeness (QED) is 0.872. The summed E-state index contributed by atoms with van der Waals surface area (Å²) >= 11 is 0. The zero-order valence-corrected chi connectivity index (χ0v) is 14.4. The summed E-state index contributed by atoms with van der Waals surface area (Å²) in [5, 5.41) is 3.12. The lowest BCUT2D eigenvalue weighted by Gasteiger charge is -2.18. The smallest absolute Gasteiger partial charge is 0.252 e. The molecule has 0 aliphatic carbocycles. The molecule has 0 aliphatic heterocycles. The van der Waals surface area contributed by atoms with E-state index in [0.29, 0.717) is 0 Å². The predicted octanol–water partition coefficient (Wildman–Crippen LogP) is 4.72. The molecule has 2 aromatic carbocycles.